The summed E-state index contributed by atoms with van der Waals surface area (Å²) in [5, 5.41) is 8.41. The number of primary amides is 1. The normalized spacial score (nSPS) is 27.2. The van der Waals surface area contributed by atoms with Crippen LogP contribution in [0, 0.1) is 29.1 Å². The largest absolute Gasteiger partial charge is 0.363 e. The first-order valence-electron chi connectivity index (χ1n) is 13.0. The Morgan fingerprint density at radius 3 is 2.08 bits per heavy atom. The molecule has 0 spiro atoms. The molecule has 36 heavy (non-hydrogen) atoms. The van der Waals surface area contributed by atoms with E-state index < -0.39 is 52.7 Å². The van der Waals surface area contributed by atoms with Crippen molar-refractivity contribution in [1.29, 1.82) is 0 Å². The molecule has 2 aliphatic carbocycles. The van der Waals surface area contributed by atoms with Gasteiger partial charge in [-0.3, -0.25) is 19.2 Å². The minimum Gasteiger partial charge on any atom is -0.363 e. The van der Waals surface area contributed by atoms with E-state index >= 15 is 0 Å². The number of amides is 5. The molecule has 0 aromatic carbocycles. The Labute approximate surface area is 213 Å². The Balaban J connectivity index is 1.79. The first-order chi connectivity index (χ1) is 16.5. The number of ketones is 1. The van der Waals surface area contributed by atoms with Crippen LogP contribution in [0.15, 0.2) is 0 Å². The zero-order valence-electron chi connectivity index (χ0n) is 22.6. The lowest BCUT2D eigenvalue weighted by Gasteiger charge is -2.37. The number of nitrogens with two attached hydrogens (primary N) is 1. The number of nitrogens with zero attached hydrogens (tertiary/aromatic N) is 1. The Hall–Kier alpha value is -2.65. The summed E-state index contributed by atoms with van der Waals surface area (Å²) in [5.74, 6) is -1.95. The molecule has 3 rings (SSSR count). The molecule has 6 unspecified atom stereocenters. The Bertz CT molecular complexity index is 917. The molecule has 3 fully saturated rings. The van der Waals surface area contributed by atoms with Crippen LogP contribution in [0.1, 0.15) is 74.1 Å². The fourth-order valence-corrected chi connectivity index (χ4v) is 5.53. The monoisotopic (exact) mass is 505 g/mol. The predicted molar refractivity (Wildman–Crippen MR) is 134 cm³/mol. The highest BCUT2D eigenvalue weighted by atomic mass is 16.2. The van der Waals surface area contributed by atoms with Crippen molar-refractivity contribution in [2.75, 3.05) is 6.54 Å². The Kier molecular flexibility index (Phi) is 7.77. The van der Waals surface area contributed by atoms with Gasteiger partial charge in [-0.05, 0) is 56.3 Å². The molecule has 2 saturated carbocycles. The summed E-state index contributed by atoms with van der Waals surface area (Å²) in [6.07, 6.45) is 3.33. The van der Waals surface area contributed by atoms with Crippen LogP contribution in [0.4, 0.5) is 4.79 Å². The van der Waals surface area contributed by atoms with E-state index in [1.54, 1.807) is 4.90 Å². The van der Waals surface area contributed by atoms with Gasteiger partial charge in [0, 0.05) is 12.1 Å². The standard InChI is InChI=1S/C26H43N5O5/c1-13-15-12-31(23(35)20(25(2,3)4)29-24(36)30-26(5,6)7)18(17(13)15)22(34)28-16(19(32)21(27)33)11-14-9-8-10-14/h13-18,20H,8-12H2,1-7H3,(H2,27,33)(H,28,34)(H2,29,30,36). The lowest BCUT2D eigenvalue weighted by Crippen LogP contribution is -2.62. The van der Waals surface area contributed by atoms with Gasteiger partial charge in [0.2, 0.25) is 17.6 Å². The van der Waals surface area contributed by atoms with E-state index in [1.165, 1.54) is 0 Å². The van der Waals surface area contributed by atoms with Gasteiger partial charge in [0.15, 0.2) is 0 Å². The first-order valence-corrected chi connectivity index (χ1v) is 13.0. The number of nitrogens with one attached hydrogen (secondary N) is 3. The molecule has 0 aromatic rings. The first kappa shape index (κ1) is 27.9. The average Bonchev–Trinajstić information content (AvgIpc) is 3.14. The molecule has 0 bridgehead atoms. The van der Waals surface area contributed by atoms with Crippen molar-refractivity contribution in [3.63, 3.8) is 0 Å². The van der Waals surface area contributed by atoms with Crippen molar-refractivity contribution >= 4 is 29.5 Å². The number of carbonyl (C=O) groups is 5. The maximum atomic E-state index is 13.8. The molecule has 5 N–H and O–H groups in total. The molecule has 202 valence electrons. The second kappa shape index (κ2) is 10.0. The summed E-state index contributed by atoms with van der Waals surface area (Å²) in [4.78, 5) is 65.7. The van der Waals surface area contributed by atoms with E-state index in [0.29, 0.717) is 13.0 Å². The number of urea groups is 1. The summed E-state index contributed by atoms with van der Waals surface area (Å²) in [6.45, 7) is 13.6. The molecular weight excluding hydrogens is 462 g/mol. The highest BCUT2D eigenvalue weighted by molar-refractivity contribution is 6.37. The van der Waals surface area contributed by atoms with Crippen LogP contribution >= 0.6 is 0 Å². The van der Waals surface area contributed by atoms with Crippen molar-refractivity contribution in [1.82, 2.24) is 20.9 Å². The zero-order chi connectivity index (χ0) is 27.2. The van der Waals surface area contributed by atoms with Crippen LogP contribution in [0.2, 0.25) is 0 Å². The van der Waals surface area contributed by atoms with E-state index in [1.807, 2.05) is 48.5 Å². The number of piperidine rings is 1. The van der Waals surface area contributed by atoms with Gasteiger partial charge >= 0.3 is 6.03 Å². The summed E-state index contributed by atoms with van der Waals surface area (Å²) < 4.78 is 0. The minimum absolute atomic E-state index is 0.0222. The number of fused-ring (bicyclic) bond motifs is 1. The van der Waals surface area contributed by atoms with Gasteiger partial charge in [0.1, 0.15) is 12.1 Å². The van der Waals surface area contributed by atoms with Crippen LogP contribution < -0.4 is 21.7 Å². The summed E-state index contributed by atoms with van der Waals surface area (Å²) in [6, 6.07) is -3.07. The van der Waals surface area contributed by atoms with Crippen LogP contribution in [-0.4, -0.2) is 64.6 Å². The maximum Gasteiger partial charge on any atom is 0.315 e. The third kappa shape index (κ3) is 6.18. The highest BCUT2D eigenvalue weighted by Crippen LogP contribution is 2.55. The Morgan fingerprint density at radius 1 is 1.00 bits per heavy atom. The second-order valence-corrected chi connectivity index (χ2v) is 13.0. The number of hydrogen-bond acceptors (Lipinski definition) is 5. The fourth-order valence-electron chi connectivity index (χ4n) is 5.53. The summed E-state index contributed by atoms with van der Waals surface area (Å²) >= 11 is 0. The van der Waals surface area contributed by atoms with Crippen molar-refractivity contribution < 1.29 is 24.0 Å². The third-order valence-electron chi connectivity index (χ3n) is 7.84. The molecule has 1 aliphatic heterocycles. The van der Waals surface area contributed by atoms with Gasteiger partial charge in [-0.2, -0.15) is 0 Å². The van der Waals surface area contributed by atoms with Gasteiger partial charge < -0.3 is 26.6 Å². The van der Waals surface area contributed by atoms with Gasteiger partial charge in [-0.25, -0.2) is 4.79 Å². The molecule has 10 nitrogen and oxygen atoms in total. The predicted octanol–water partition coefficient (Wildman–Crippen LogP) is 1.32. The number of hydrogen-bond donors (Lipinski definition) is 4. The van der Waals surface area contributed by atoms with Gasteiger partial charge in [0.25, 0.3) is 5.91 Å². The van der Waals surface area contributed by atoms with Crippen LogP contribution in [0.25, 0.3) is 0 Å². The number of rotatable bonds is 8. The lowest BCUT2D eigenvalue weighted by molar-refractivity contribution is -0.144. The lowest BCUT2D eigenvalue weighted by atomic mass is 9.80. The van der Waals surface area contributed by atoms with Crippen LogP contribution in [-0.2, 0) is 19.2 Å². The van der Waals surface area contributed by atoms with Crippen molar-refractivity contribution in [2.45, 2.75) is 97.8 Å². The molecule has 0 aromatic heterocycles. The Morgan fingerprint density at radius 2 is 1.61 bits per heavy atom. The topological polar surface area (TPSA) is 151 Å². The number of Topliss-reactive ketones (excluding diaryl/α,β-unsaturated/α-hetero) is 1. The van der Waals surface area contributed by atoms with Gasteiger partial charge in [-0.1, -0.05) is 47.0 Å². The van der Waals surface area contributed by atoms with Crippen molar-refractivity contribution in [3.05, 3.63) is 0 Å². The van der Waals surface area contributed by atoms with Crippen LogP contribution in [0.5, 0.6) is 0 Å². The third-order valence-corrected chi connectivity index (χ3v) is 7.84. The molecule has 1 heterocycles. The van der Waals surface area contributed by atoms with E-state index in [0.717, 1.165) is 19.3 Å². The van der Waals surface area contributed by atoms with E-state index in [9.17, 15) is 24.0 Å². The van der Waals surface area contributed by atoms with E-state index in [4.69, 9.17) is 5.73 Å². The van der Waals surface area contributed by atoms with Gasteiger partial charge in [-0.15, -0.1) is 0 Å². The zero-order valence-corrected chi connectivity index (χ0v) is 22.6. The number of likely N-dealkylation sites (tertiary alicyclic amines) is 1. The van der Waals surface area contributed by atoms with Crippen LogP contribution in [0.3, 0.4) is 0 Å². The minimum atomic E-state index is -1.07. The molecule has 1 saturated heterocycles. The molecule has 5 amide bonds. The van der Waals surface area contributed by atoms with Crippen molar-refractivity contribution in [2.24, 2.45) is 34.8 Å². The second-order valence-electron chi connectivity index (χ2n) is 13.0. The van der Waals surface area contributed by atoms with E-state index in [-0.39, 0.29) is 29.6 Å². The highest BCUT2D eigenvalue weighted by Gasteiger charge is 2.63. The molecule has 6 atom stereocenters. The average molecular weight is 506 g/mol. The number of carbonyl (C=O) groups excluding carboxylic acids is 5. The van der Waals surface area contributed by atoms with Crippen molar-refractivity contribution in [3.8, 4) is 0 Å². The SMILES string of the molecule is CC1C2CN(C(=O)C(NC(=O)NC(C)(C)C)C(C)(C)C)C(C(=O)NC(CC3CCC3)C(=O)C(N)=O)C12. The molecular formula is C26H43N5O5. The smallest absolute Gasteiger partial charge is 0.315 e. The van der Waals surface area contributed by atoms with E-state index in [2.05, 4.69) is 16.0 Å². The molecule has 0 radical (unpaired) electrons. The molecule has 3 aliphatic rings. The molecule has 10 heteroatoms. The summed E-state index contributed by atoms with van der Waals surface area (Å²) in [7, 11) is 0. The maximum absolute atomic E-state index is 13.8. The van der Waals surface area contributed by atoms with Gasteiger partial charge in [0.05, 0.1) is 6.04 Å². The quantitative estimate of drug-likeness (QED) is 0.367. The summed E-state index contributed by atoms with van der Waals surface area (Å²) in [5.41, 5.74) is 4.17. The fraction of sp³-hybridized carbons (Fsp3) is 0.808.